The average Bonchev–Trinajstić information content (AvgIpc) is 3.48. The Hall–Kier alpha value is -1.54. The van der Waals surface area contributed by atoms with Crippen molar-refractivity contribution in [3.8, 4) is 19.5 Å². The number of thiophene rings is 4. The van der Waals surface area contributed by atoms with Crippen LogP contribution in [0.1, 0.15) is 32.0 Å². The molecular formula is C22H20O2S4. The Morgan fingerprint density at radius 1 is 0.750 bits per heavy atom. The molecule has 0 spiro atoms. The smallest absolute Gasteiger partial charge is 0.0699 e. The van der Waals surface area contributed by atoms with Gasteiger partial charge in [-0.05, 0) is 60.0 Å². The molecular weight excluding hydrogens is 425 g/mol. The number of hydrogen-bond acceptors (Lipinski definition) is 6. The minimum Gasteiger partial charge on any atom is -0.392 e. The molecule has 4 aromatic heterocycles. The van der Waals surface area contributed by atoms with E-state index in [0.717, 1.165) is 32.0 Å². The summed E-state index contributed by atoms with van der Waals surface area (Å²) in [6.07, 6.45) is 4.29. The fraction of sp³-hybridized carbons (Fsp3) is 0.182. The van der Waals surface area contributed by atoms with Crippen molar-refractivity contribution in [3.63, 3.8) is 0 Å². The highest BCUT2D eigenvalue weighted by atomic mass is 32.1. The Bertz CT molecular complexity index is 1010. The summed E-state index contributed by atoms with van der Waals surface area (Å²) in [4.78, 5) is 7.06. The van der Waals surface area contributed by atoms with Gasteiger partial charge in [0, 0.05) is 30.6 Å². The van der Waals surface area contributed by atoms with E-state index in [9.17, 15) is 10.2 Å². The van der Waals surface area contributed by atoms with Gasteiger partial charge in [-0.25, -0.2) is 0 Å². The highest BCUT2D eigenvalue weighted by Gasteiger charge is 2.17. The first-order valence-electron chi connectivity index (χ1n) is 8.86. The van der Waals surface area contributed by atoms with E-state index in [1.54, 1.807) is 45.3 Å². The largest absolute Gasteiger partial charge is 0.392 e. The van der Waals surface area contributed by atoms with Crippen molar-refractivity contribution in [1.82, 2.24) is 0 Å². The van der Waals surface area contributed by atoms with Crippen LogP contribution in [0.4, 0.5) is 0 Å². The van der Waals surface area contributed by atoms with E-state index in [0.29, 0.717) is 0 Å². The second-order valence-corrected chi connectivity index (χ2v) is 10.4. The zero-order valence-electron chi connectivity index (χ0n) is 15.6. The standard InChI is InChI=1S/C22H20O2S4/c1-13-15(11-23)21(19-5-3-9-25-19)27-17(13)7-8-18-14(2)16(12-24)22(28-18)20-6-4-10-26-20/h3-10,23-24H,11-12H2,1-2H3/b8-7+. The van der Waals surface area contributed by atoms with Gasteiger partial charge in [0.2, 0.25) is 0 Å². The Kier molecular flexibility index (Phi) is 5.96. The molecule has 0 aliphatic rings. The quantitative estimate of drug-likeness (QED) is 0.335. The second kappa shape index (κ2) is 8.45. The van der Waals surface area contributed by atoms with Gasteiger partial charge in [0.05, 0.1) is 23.0 Å². The van der Waals surface area contributed by atoms with Crippen molar-refractivity contribution in [1.29, 1.82) is 0 Å². The van der Waals surface area contributed by atoms with Gasteiger partial charge in [-0.3, -0.25) is 0 Å². The van der Waals surface area contributed by atoms with Crippen LogP contribution in [-0.4, -0.2) is 10.2 Å². The maximum Gasteiger partial charge on any atom is 0.0699 e. The van der Waals surface area contributed by atoms with Crippen LogP contribution in [0.2, 0.25) is 0 Å². The van der Waals surface area contributed by atoms with Crippen LogP contribution in [0.5, 0.6) is 0 Å². The van der Waals surface area contributed by atoms with E-state index in [4.69, 9.17) is 0 Å². The first-order valence-corrected chi connectivity index (χ1v) is 12.2. The maximum atomic E-state index is 9.88. The molecule has 0 fully saturated rings. The molecule has 0 saturated carbocycles. The van der Waals surface area contributed by atoms with E-state index in [1.165, 1.54) is 19.5 Å². The monoisotopic (exact) mass is 444 g/mol. The molecule has 4 aromatic rings. The summed E-state index contributed by atoms with van der Waals surface area (Å²) in [5.74, 6) is 0. The SMILES string of the molecule is Cc1c(/C=C/c2sc(-c3cccs3)c(CO)c2C)sc(-c2cccs2)c1CO. The normalized spacial score (nSPS) is 11.7. The molecule has 0 amide bonds. The minimum absolute atomic E-state index is 0.0542. The third kappa shape index (κ3) is 3.56. The third-order valence-electron chi connectivity index (χ3n) is 4.81. The first-order chi connectivity index (χ1) is 13.6. The summed E-state index contributed by atoms with van der Waals surface area (Å²) >= 11 is 6.86. The molecule has 2 N–H and O–H groups in total. The summed E-state index contributed by atoms with van der Waals surface area (Å²) < 4.78 is 0. The predicted molar refractivity (Wildman–Crippen MR) is 126 cm³/mol. The Balaban J connectivity index is 1.73. The van der Waals surface area contributed by atoms with Crippen molar-refractivity contribution >= 4 is 57.5 Å². The first kappa shape index (κ1) is 19.8. The van der Waals surface area contributed by atoms with Crippen molar-refractivity contribution in [2.45, 2.75) is 27.1 Å². The molecule has 28 heavy (non-hydrogen) atoms. The number of rotatable bonds is 6. The van der Waals surface area contributed by atoms with Crippen molar-refractivity contribution < 1.29 is 10.2 Å². The molecule has 0 atom stereocenters. The fourth-order valence-corrected chi connectivity index (χ4v) is 7.40. The van der Waals surface area contributed by atoms with E-state index >= 15 is 0 Å². The van der Waals surface area contributed by atoms with Gasteiger partial charge in [-0.1, -0.05) is 12.1 Å². The summed E-state index contributed by atoms with van der Waals surface area (Å²) in [5.41, 5.74) is 4.32. The predicted octanol–water partition coefficient (Wildman–Crippen LogP) is 7.04. The molecule has 0 aromatic carbocycles. The number of aliphatic hydroxyl groups is 2. The lowest BCUT2D eigenvalue weighted by Gasteiger charge is -1.99. The number of hydrogen-bond donors (Lipinski definition) is 2. The molecule has 6 heteroatoms. The van der Waals surface area contributed by atoms with E-state index < -0.39 is 0 Å². The zero-order valence-corrected chi connectivity index (χ0v) is 18.8. The Morgan fingerprint density at radius 3 is 1.50 bits per heavy atom. The zero-order chi connectivity index (χ0) is 19.7. The van der Waals surface area contributed by atoms with Crippen LogP contribution in [-0.2, 0) is 13.2 Å². The van der Waals surface area contributed by atoms with Gasteiger partial charge in [0.15, 0.2) is 0 Å². The van der Waals surface area contributed by atoms with Gasteiger partial charge in [0.25, 0.3) is 0 Å². The van der Waals surface area contributed by atoms with Crippen LogP contribution in [0.3, 0.4) is 0 Å². The van der Waals surface area contributed by atoms with Crippen molar-refractivity contribution in [2.75, 3.05) is 0 Å². The molecule has 0 aliphatic carbocycles. The summed E-state index contributed by atoms with van der Waals surface area (Å²) in [5, 5.41) is 23.9. The molecule has 144 valence electrons. The van der Waals surface area contributed by atoms with E-state index in [2.05, 4.69) is 48.9 Å². The Morgan fingerprint density at radius 2 is 1.18 bits per heavy atom. The highest BCUT2D eigenvalue weighted by Crippen LogP contribution is 2.42. The molecule has 4 rings (SSSR count). The average molecular weight is 445 g/mol. The maximum absolute atomic E-state index is 9.88. The lowest BCUT2D eigenvalue weighted by atomic mass is 10.1. The van der Waals surface area contributed by atoms with E-state index in [-0.39, 0.29) is 13.2 Å². The van der Waals surface area contributed by atoms with Gasteiger partial charge in [-0.15, -0.1) is 45.3 Å². The molecule has 2 nitrogen and oxygen atoms in total. The summed E-state index contributed by atoms with van der Waals surface area (Å²) in [6.45, 7) is 4.27. The molecule has 0 unspecified atom stereocenters. The lowest BCUT2D eigenvalue weighted by molar-refractivity contribution is 0.282. The van der Waals surface area contributed by atoms with Gasteiger partial charge in [-0.2, -0.15) is 0 Å². The lowest BCUT2D eigenvalue weighted by Crippen LogP contribution is -1.86. The fourth-order valence-electron chi connectivity index (χ4n) is 3.20. The van der Waals surface area contributed by atoms with Crippen molar-refractivity contribution in [2.24, 2.45) is 0 Å². The van der Waals surface area contributed by atoms with Crippen LogP contribution in [0, 0.1) is 13.8 Å². The Labute approximate surface area is 180 Å². The van der Waals surface area contributed by atoms with Crippen LogP contribution < -0.4 is 0 Å². The van der Waals surface area contributed by atoms with Crippen LogP contribution >= 0.6 is 45.3 Å². The molecule has 0 bridgehead atoms. The topological polar surface area (TPSA) is 40.5 Å². The molecule has 0 radical (unpaired) electrons. The minimum atomic E-state index is 0.0542. The van der Waals surface area contributed by atoms with E-state index in [1.807, 2.05) is 12.1 Å². The highest BCUT2D eigenvalue weighted by molar-refractivity contribution is 7.23. The van der Waals surface area contributed by atoms with Gasteiger partial charge in [0.1, 0.15) is 0 Å². The van der Waals surface area contributed by atoms with Crippen LogP contribution in [0.25, 0.3) is 31.7 Å². The molecule has 4 heterocycles. The molecule has 0 aliphatic heterocycles. The molecule has 0 saturated heterocycles. The van der Waals surface area contributed by atoms with Crippen molar-refractivity contribution in [3.05, 3.63) is 67.0 Å². The second-order valence-electron chi connectivity index (χ2n) is 6.40. The van der Waals surface area contributed by atoms with Crippen LogP contribution in [0.15, 0.2) is 35.0 Å². The summed E-state index contributed by atoms with van der Waals surface area (Å²) in [6, 6.07) is 8.30. The van der Waals surface area contributed by atoms with Gasteiger partial charge >= 0.3 is 0 Å². The summed E-state index contributed by atoms with van der Waals surface area (Å²) in [7, 11) is 0. The van der Waals surface area contributed by atoms with Gasteiger partial charge < -0.3 is 10.2 Å². The number of aliphatic hydroxyl groups excluding tert-OH is 2. The third-order valence-corrected chi connectivity index (χ3v) is 9.51.